The van der Waals surface area contributed by atoms with E-state index in [4.69, 9.17) is 0 Å². The van der Waals surface area contributed by atoms with Crippen molar-refractivity contribution in [1.82, 2.24) is 10.6 Å². The second kappa shape index (κ2) is 7.49. The van der Waals surface area contributed by atoms with Crippen molar-refractivity contribution in [3.63, 3.8) is 0 Å². The largest absolute Gasteiger partial charge is 0.370 e. The zero-order valence-electron chi connectivity index (χ0n) is 13.8. The van der Waals surface area contributed by atoms with Crippen LogP contribution in [0.1, 0.15) is 11.6 Å². The Hall–Kier alpha value is -3.34. The first-order valence-corrected chi connectivity index (χ1v) is 8.00. The third-order valence-corrected chi connectivity index (χ3v) is 3.92. The number of anilines is 1. The molecule has 0 aliphatic carbocycles. The summed E-state index contributed by atoms with van der Waals surface area (Å²) in [7, 11) is 1.47. The monoisotopic (exact) mass is 333 g/mol. The molecule has 3 rings (SSSR count). The number of hydrogen-bond acceptors (Lipinski definition) is 3. The molecule has 0 heterocycles. The number of hydrogen-bond donors (Lipinski definition) is 3. The van der Waals surface area contributed by atoms with Crippen molar-refractivity contribution in [1.29, 1.82) is 0 Å². The molecule has 0 aromatic heterocycles. The first-order valence-electron chi connectivity index (χ1n) is 8.00. The summed E-state index contributed by atoms with van der Waals surface area (Å²) in [6.45, 7) is 0. The van der Waals surface area contributed by atoms with Crippen molar-refractivity contribution in [3.8, 4) is 0 Å². The average Bonchev–Trinajstić information content (AvgIpc) is 2.66. The predicted molar refractivity (Wildman–Crippen MR) is 99.4 cm³/mol. The molecule has 1 atom stereocenters. The molecule has 0 bridgehead atoms. The minimum absolute atomic E-state index is 0.418. The van der Waals surface area contributed by atoms with E-state index >= 15 is 0 Å². The molecule has 5 heteroatoms. The lowest BCUT2D eigenvalue weighted by Crippen LogP contribution is -2.42. The van der Waals surface area contributed by atoms with E-state index in [1.165, 1.54) is 7.05 Å². The summed E-state index contributed by atoms with van der Waals surface area (Å²) in [6.07, 6.45) is 0. The Balaban J connectivity index is 1.90. The Morgan fingerprint density at radius 1 is 0.840 bits per heavy atom. The minimum Gasteiger partial charge on any atom is -0.370 e. The van der Waals surface area contributed by atoms with Crippen LogP contribution in [0.2, 0.25) is 0 Å². The first-order chi connectivity index (χ1) is 12.2. The van der Waals surface area contributed by atoms with Crippen LogP contribution in [0, 0.1) is 0 Å². The van der Waals surface area contributed by atoms with E-state index in [0.717, 1.165) is 22.0 Å². The summed E-state index contributed by atoms with van der Waals surface area (Å²) >= 11 is 0. The Kier molecular flexibility index (Phi) is 4.95. The van der Waals surface area contributed by atoms with Gasteiger partial charge in [-0.15, -0.1) is 0 Å². The van der Waals surface area contributed by atoms with Gasteiger partial charge in [-0.3, -0.25) is 10.1 Å². The minimum atomic E-state index is -0.681. The van der Waals surface area contributed by atoms with E-state index in [9.17, 15) is 9.59 Å². The highest BCUT2D eigenvalue weighted by atomic mass is 16.2. The van der Waals surface area contributed by atoms with Crippen molar-refractivity contribution in [2.75, 3.05) is 12.4 Å². The van der Waals surface area contributed by atoms with Crippen LogP contribution in [0.3, 0.4) is 0 Å². The summed E-state index contributed by atoms with van der Waals surface area (Å²) < 4.78 is 0. The van der Waals surface area contributed by atoms with E-state index in [2.05, 4.69) is 16.0 Å². The van der Waals surface area contributed by atoms with Gasteiger partial charge >= 0.3 is 6.03 Å². The predicted octanol–water partition coefficient (Wildman–Crippen LogP) is 3.45. The lowest BCUT2D eigenvalue weighted by Gasteiger charge is -2.20. The second-order valence-electron chi connectivity index (χ2n) is 5.62. The number of amides is 3. The number of benzene rings is 3. The van der Waals surface area contributed by atoms with Gasteiger partial charge in [-0.2, -0.15) is 0 Å². The number of imide groups is 1. The lowest BCUT2D eigenvalue weighted by atomic mass is 10.0. The molecule has 25 heavy (non-hydrogen) atoms. The Bertz CT molecular complexity index is 894. The smallest absolute Gasteiger partial charge is 0.321 e. The van der Waals surface area contributed by atoms with Crippen molar-refractivity contribution >= 4 is 28.4 Å². The topological polar surface area (TPSA) is 70.2 Å². The maximum Gasteiger partial charge on any atom is 0.321 e. The van der Waals surface area contributed by atoms with Gasteiger partial charge in [0, 0.05) is 12.7 Å². The molecule has 3 aromatic rings. The van der Waals surface area contributed by atoms with Crippen molar-refractivity contribution < 1.29 is 9.59 Å². The van der Waals surface area contributed by atoms with Gasteiger partial charge in [0.25, 0.3) is 5.91 Å². The summed E-state index contributed by atoms with van der Waals surface area (Å²) in [5.41, 5.74) is 1.58. The standard InChI is InChI=1S/C20H19N3O2/c1-21-20(25)23-19(24)18(15-8-3-2-4-9-15)22-17-12-11-14-7-5-6-10-16(14)13-17/h2-13,18,22H,1H3,(H2,21,23,24,25)/t18-/m1/s1. The molecule has 3 aromatic carbocycles. The molecule has 0 spiro atoms. The maximum absolute atomic E-state index is 12.5. The Morgan fingerprint density at radius 3 is 2.24 bits per heavy atom. The molecule has 3 amide bonds. The third-order valence-electron chi connectivity index (χ3n) is 3.92. The summed E-state index contributed by atoms with van der Waals surface area (Å²) in [5.74, 6) is -0.418. The fourth-order valence-corrected chi connectivity index (χ4v) is 2.64. The Morgan fingerprint density at radius 2 is 1.52 bits per heavy atom. The van der Waals surface area contributed by atoms with E-state index in [1.54, 1.807) is 0 Å². The van der Waals surface area contributed by atoms with Crippen molar-refractivity contribution in [2.24, 2.45) is 0 Å². The summed E-state index contributed by atoms with van der Waals surface area (Å²) in [5, 5.41) is 10.1. The third kappa shape index (κ3) is 3.95. The van der Waals surface area contributed by atoms with Gasteiger partial charge in [0.2, 0.25) is 0 Å². The molecule has 126 valence electrons. The van der Waals surface area contributed by atoms with Gasteiger partial charge in [0.15, 0.2) is 0 Å². The first kappa shape index (κ1) is 16.5. The molecule has 0 unspecified atom stereocenters. The van der Waals surface area contributed by atoms with Crippen LogP contribution in [0.15, 0.2) is 72.8 Å². The molecule has 0 saturated heterocycles. The molecule has 0 fully saturated rings. The van der Waals surface area contributed by atoms with Gasteiger partial charge in [-0.25, -0.2) is 4.79 Å². The number of rotatable bonds is 4. The quantitative estimate of drug-likeness (QED) is 0.685. The number of urea groups is 1. The highest BCUT2D eigenvalue weighted by Gasteiger charge is 2.22. The molecular weight excluding hydrogens is 314 g/mol. The van der Waals surface area contributed by atoms with Gasteiger partial charge in [0.05, 0.1) is 0 Å². The van der Waals surface area contributed by atoms with Crippen molar-refractivity contribution in [3.05, 3.63) is 78.4 Å². The van der Waals surface area contributed by atoms with Crippen LogP contribution in [-0.2, 0) is 4.79 Å². The zero-order chi connectivity index (χ0) is 17.6. The van der Waals surface area contributed by atoms with Crippen LogP contribution in [0.5, 0.6) is 0 Å². The number of fused-ring (bicyclic) bond motifs is 1. The number of nitrogens with one attached hydrogen (secondary N) is 3. The van der Waals surface area contributed by atoms with E-state index in [-0.39, 0.29) is 0 Å². The SMILES string of the molecule is CNC(=O)NC(=O)[C@H](Nc1ccc2ccccc2c1)c1ccccc1. The highest BCUT2D eigenvalue weighted by molar-refractivity contribution is 5.99. The normalized spacial score (nSPS) is 11.6. The molecule has 0 aliphatic rings. The molecule has 3 N–H and O–H groups in total. The van der Waals surface area contributed by atoms with Gasteiger partial charge < -0.3 is 10.6 Å². The molecule has 0 saturated carbocycles. The second-order valence-corrected chi connectivity index (χ2v) is 5.62. The van der Waals surface area contributed by atoms with Crippen LogP contribution in [-0.4, -0.2) is 19.0 Å². The fourth-order valence-electron chi connectivity index (χ4n) is 2.64. The highest BCUT2D eigenvalue weighted by Crippen LogP contribution is 2.24. The van der Waals surface area contributed by atoms with Gasteiger partial charge in [-0.1, -0.05) is 60.7 Å². The van der Waals surface area contributed by atoms with Crippen LogP contribution < -0.4 is 16.0 Å². The fraction of sp³-hybridized carbons (Fsp3) is 0.100. The average molecular weight is 333 g/mol. The lowest BCUT2D eigenvalue weighted by molar-refractivity contribution is -0.120. The Labute approximate surface area is 146 Å². The zero-order valence-corrected chi connectivity index (χ0v) is 13.8. The molecular formula is C20H19N3O2. The van der Waals surface area contributed by atoms with Crippen molar-refractivity contribution in [2.45, 2.75) is 6.04 Å². The van der Waals surface area contributed by atoms with Gasteiger partial charge in [-0.05, 0) is 28.5 Å². The number of carbonyl (C=O) groups is 2. The maximum atomic E-state index is 12.5. The molecule has 0 radical (unpaired) electrons. The van der Waals surface area contributed by atoms with Crippen LogP contribution >= 0.6 is 0 Å². The van der Waals surface area contributed by atoms with Gasteiger partial charge in [0.1, 0.15) is 6.04 Å². The van der Waals surface area contributed by atoms with Crippen LogP contribution in [0.4, 0.5) is 10.5 Å². The summed E-state index contributed by atoms with van der Waals surface area (Å²) in [4.78, 5) is 24.1. The van der Waals surface area contributed by atoms with E-state index in [0.29, 0.717) is 0 Å². The summed E-state index contributed by atoms with van der Waals surface area (Å²) in [6, 6.07) is 22.0. The molecule has 0 aliphatic heterocycles. The molecule has 5 nitrogen and oxygen atoms in total. The van der Waals surface area contributed by atoms with E-state index in [1.807, 2.05) is 72.8 Å². The van der Waals surface area contributed by atoms with E-state index < -0.39 is 18.0 Å². The number of carbonyl (C=O) groups excluding carboxylic acids is 2. The van der Waals surface area contributed by atoms with Crippen LogP contribution in [0.25, 0.3) is 10.8 Å².